The molecule has 2 aromatic carbocycles. The van der Waals surface area contributed by atoms with Gasteiger partial charge in [0, 0.05) is 23.7 Å². The summed E-state index contributed by atoms with van der Waals surface area (Å²) in [6.07, 6.45) is 4.79. The number of hydrogen-bond acceptors (Lipinski definition) is 3. The van der Waals surface area contributed by atoms with Crippen molar-refractivity contribution in [2.75, 3.05) is 31.6 Å². The predicted molar refractivity (Wildman–Crippen MR) is 113 cm³/mol. The second-order valence-electron chi connectivity index (χ2n) is 7.74. The van der Waals surface area contributed by atoms with Gasteiger partial charge in [0.2, 0.25) is 5.91 Å². The highest BCUT2D eigenvalue weighted by Gasteiger charge is 2.20. The van der Waals surface area contributed by atoms with E-state index in [0.717, 1.165) is 55.5 Å². The zero-order valence-corrected chi connectivity index (χ0v) is 16.9. The Hall–Kier alpha value is -2.04. The largest absolute Gasteiger partial charge is 0.494 e. The van der Waals surface area contributed by atoms with Crippen LogP contribution in [0.2, 0.25) is 5.02 Å². The lowest BCUT2D eigenvalue weighted by molar-refractivity contribution is -0.116. The topological polar surface area (TPSA) is 41.6 Å². The molecule has 1 N–H and O–H groups in total. The maximum atomic E-state index is 11.4. The van der Waals surface area contributed by atoms with Gasteiger partial charge in [0.1, 0.15) is 5.75 Å². The lowest BCUT2D eigenvalue weighted by Crippen LogP contribution is -2.34. The molecule has 2 heterocycles. The van der Waals surface area contributed by atoms with Gasteiger partial charge in [-0.2, -0.15) is 0 Å². The number of anilines is 1. The summed E-state index contributed by atoms with van der Waals surface area (Å²) < 4.78 is 5.94. The Balaban J connectivity index is 1.17. The normalized spacial score (nSPS) is 17.8. The number of hydrogen-bond donors (Lipinski definition) is 1. The fourth-order valence-corrected chi connectivity index (χ4v) is 4.28. The summed E-state index contributed by atoms with van der Waals surface area (Å²) in [4.78, 5) is 14.0. The third-order valence-electron chi connectivity index (χ3n) is 5.79. The van der Waals surface area contributed by atoms with Crippen molar-refractivity contribution in [3.8, 4) is 5.75 Å². The monoisotopic (exact) mass is 398 g/mol. The van der Waals surface area contributed by atoms with Crippen molar-refractivity contribution in [3.63, 3.8) is 0 Å². The summed E-state index contributed by atoms with van der Waals surface area (Å²) in [5.41, 5.74) is 3.50. The fourth-order valence-electron chi connectivity index (χ4n) is 4.15. The Morgan fingerprint density at radius 2 is 1.86 bits per heavy atom. The van der Waals surface area contributed by atoms with Crippen LogP contribution in [0, 0.1) is 0 Å². The molecule has 1 fully saturated rings. The van der Waals surface area contributed by atoms with Crippen molar-refractivity contribution in [1.82, 2.24) is 4.90 Å². The number of carbonyl (C=O) groups is 1. The molecule has 2 aliphatic rings. The van der Waals surface area contributed by atoms with E-state index in [1.54, 1.807) is 0 Å². The van der Waals surface area contributed by atoms with E-state index in [9.17, 15) is 4.79 Å². The molecule has 4 rings (SSSR count). The highest BCUT2D eigenvalue weighted by Crippen LogP contribution is 2.29. The Kier molecular flexibility index (Phi) is 6.18. The zero-order chi connectivity index (χ0) is 19.3. The SMILES string of the molecule is O=C1CCc2cc(OCCCN3CCC(c4ccc(Cl)cc4)CC3)ccc2N1. The summed E-state index contributed by atoms with van der Waals surface area (Å²) in [5, 5.41) is 3.72. The van der Waals surface area contributed by atoms with E-state index in [4.69, 9.17) is 16.3 Å². The minimum absolute atomic E-state index is 0.0981. The third-order valence-corrected chi connectivity index (χ3v) is 6.04. The molecule has 0 bridgehead atoms. The number of fused-ring (bicyclic) bond motifs is 1. The number of aryl methyl sites for hydroxylation is 1. The molecule has 28 heavy (non-hydrogen) atoms. The molecule has 148 valence electrons. The first-order chi connectivity index (χ1) is 13.7. The molecule has 0 unspecified atom stereocenters. The standard InChI is InChI=1S/C23H27ClN2O2/c24-20-5-2-17(3-6-20)18-10-13-26(14-11-18)12-1-15-28-21-7-8-22-19(16-21)4-9-23(27)25-22/h2-3,5-8,16,18H,1,4,9-15H2,(H,25,27). The summed E-state index contributed by atoms with van der Waals surface area (Å²) in [5.74, 6) is 1.65. The lowest BCUT2D eigenvalue weighted by Gasteiger charge is -2.32. The molecule has 1 saturated heterocycles. The first-order valence-electron chi connectivity index (χ1n) is 10.2. The number of carbonyl (C=O) groups excluding carboxylic acids is 1. The van der Waals surface area contributed by atoms with Crippen LogP contribution in [0.4, 0.5) is 5.69 Å². The van der Waals surface area contributed by atoms with E-state index in [0.29, 0.717) is 12.3 Å². The van der Waals surface area contributed by atoms with E-state index in [2.05, 4.69) is 28.4 Å². The number of benzene rings is 2. The fraction of sp³-hybridized carbons (Fsp3) is 0.435. The summed E-state index contributed by atoms with van der Waals surface area (Å²) in [7, 11) is 0. The summed E-state index contributed by atoms with van der Waals surface area (Å²) >= 11 is 5.99. The molecule has 4 nitrogen and oxygen atoms in total. The zero-order valence-electron chi connectivity index (χ0n) is 16.1. The Morgan fingerprint density at radius 1 is 1.07 bits per heavy atom. The molecule has 1 amide bonds. The number of ether oxygens (including phenoxy) is 1. The maximum Gasteiger partial charge on any atom is 0.224 e. The molecule has 0 aliphatic carbocycles. The lowest BCUT2D eigenvalue weighted by atomic mass is 9.89. The van der Waals surface area contributed by atoms with Gasteiger partial charge < -0.3 is 15.0 Å². The van der Waals surface area contributed by atoms with Gasteiger partial charge in [-0.05, 0) is 86.1 Å². The average Bonchev–Trinajstić information content (AvgIpc) is 2.72. The highest BCUT2D eigenvalue weighted by atomic mass is 35.5. The quantitative estimate of drug-likeness (QED) is 0.705. The van der Waals surface area contributed by atoms with Gasteiger partial charge in [-0.25, -0.2) is 0 Å². The molecule has 5 heteroatoms. The van der Waals surface area contributed by atoms with Crippen LogP contribution >= 0.6 is 11.6 Å². The van der Waals surface area contributed by atoms with E-state index < -0.39 is 0 Å². The van der Waals surface area contributed by atoms with Crippen LogP contribution in [0.15, 0.2) is 42.5 Å². The van der Waals surface area contributed by atoms with E-state index in [1.807, 2.05) is 24.3 Å². The van der Waals surface area contributed by atoms with Crippen molar-refractivity contribution in [2.24, 2.45) is 0 Å². The van der Waals surface area contributed by atoms with Crippen LogP contribution in [-0.4, -0.2) is 37.0 Å². The molecule has 2 aliphatic heterocycles. The van der Waals surface area contributed by atoms with Crippen LogP contribution in [0.1, 0.15) is 42.7 Å². The van der Waals surface area contributed by atoms with Crippen molar-refractivity contribution >= 4 is 23.2 Å². The van der Waals surface area contributed by atoms with Gasteiger partial charge in [-0.15, -0.1) is 0 Å². The first-order valence-corrected chi connectivity index (χ1v) is 10.6. The summed E-state index contributed by atoms with van der Waals surface area (Å²) in [6, 6.07) is 14.3. The van der Waals surface area contributed by atoms with E-state index >= 15 is 0 Å². The van der Waals surface area contributed by atoms with Gasteiger partial charge in [0.15, 0.2) is 0 Å². The number of halogens is 1. The molecule has 0 atom stereocenters. The number of piperidine rings is 1. The predicted octanol–water partition coefficient (Wildman–Crippen LogP) is 4.87. The first kappa shape index (κ1) is 19.3. The van der Waals surface area contributed by atoms with Gasteiger partial charge in [0.05, 0.1) is 6.61 Å². The smallest absolute Gasteiger partial charge is 0.224 e. The number of amides is 1. The molecule has 2 aromatic rings. The van der Waals surface area contributed by atoms with Crippen LogP contribution in [0.3, 0.4) is 0 Å². The Morgan fingerprint density at radius 3 is 2.64 bits per heavy atom. The van der Waals surface area contributed by atoms with E-state index in [-0.39, 0.29) is 5.91 Å². The van der Waals surface area contributed by atoms with Crippen LogP contribution in [0.5, 0.6) is 5.75 Å². The molecular weight excluding hydrogens is 372 g/mol. The van der Waals surface area contributed by atoms with Crippen molar-refractivity contribution in [1.29, 1.82) is 0 Å². The number of rotatable bonds is 6. The molecule has 0 aromatic heterocycles. The van der Waals surface area contributed by atoms with Crippen LogP contribution < -0.4 is 10.1 Å². The Labute approximate surface area is 171 Å². The molecule has 0 saturated carbocycles. The van der Waals surface area contributed by atoms with Gasteiger partial charge in [-0.3, -0.25) is 4.79 Å². The molecular formula is C23H27ClN2O2. The van der Waals surface area contributed by atoms with Gasteiger partial charge >= 0.3 is 0 Å². The maximum absolute atomic E-state index is 11.4. The third kappa shape index (κ3) is 4.86. The van der Waals surface area contributed by atoms with Gasteiger partial charge in [0.25, 0.3) is 0 Å². The second kappa shape index (κ2) is 8.97. The Bertz CT molecular complexity index is 814. The molecule has 0 radical (unpaired) electrons. The van der Waals surface area contributed by atoms with Crippen LogP contribution in [-0.2, 0) is 11.2 Å². The highest BCUT2D eigenvalue weighted by molar-refractivity contribution is 6.30. The van der Waals surface area contributed by atoms with Crippen molar-refractivity contribution < 1.29 is 9.53 Å². The van der Waals surface area contributed by atoms with E-state index in [1.165, 1.54) is 24.0 Å². The van der Waals surface area contributed by atoms with Crippen molar-refractivity contribution in [3.05, 3.63) is 58.6 Å². The number of likely N-dealkylation sites (tertiary alicyclic amines) is 1. The number of nitrogens with zero attached hydrogens (tertiary/aromatic N) is 1. The second-order valence-corrected chi connectivity index (χ2v) is 8.17. The average molecular weight is 399 g/mol. The summed E-state index contributed by atoms with van der Waals surface area (Å²) in [6.45, 7) is 4.09. The van der Waals surface area contributed by atoms with Gasteiger partial charge in [-0.1, -0.05) is 23.7 Å². The minimum atomic E-state index is 0.0981. The van der Waals surface area contributed by atoms with Crippen molar-refractivity contribution in [2.45, 2.75) is 38.0 Å². The molecule has 0 spiro atoms. The minimum Gasteiger partial charge on any atom is -0.494 e. The van der Waals surface area contributed by atoms with Crippen LogP contribution in [0.25, 0.3) is 0 Å². The number of nitrogens with one attached hydrogen (secondary N) is 1.